The molecule has 132 valence electrons. The lowest BCUT2D eigenvalue weighted by Crippen LogP contribution is -2.47. The second-order valence-electron chi connectivity index (χ2n) is 7.58. The van der Waals surface area contributed by atoms with Crippen molar-refractivity contribution >= 4 is 5.97 Å². The minimum absolute atomic E-state index is 0.109. The number of hydrogen-bond donors (Lipinski definition) is 0. The Morgan fingerprint density at radius 2 is 1.23 bits per heavy atom. The summed E-state index contributed by atoms with van der Waals surface area (Å²) in [5, 5.41) is 0. The molecule has 0 saturated heterocycles. The smallest absolute Gasteiger partial charge is 0.434 e. The molecule has 8 heteroatoms. The van der Waals surface area contributed by atoms with Gasteiger partial charge in [-0.05, 0) is 17.3 Å². The molecule has 2 nitrogen and oxygen atoms in total. The van der Waals surface area contributed by atoms with E-state index in [4.69, 9.17) is 0 Å². The van der Waals surface area contributed by atoms with Crippen molar-refractivity contribution in [2.24, 2.45) is 16.7 Å². The maximum Gasteiger partial charge on any atom is 0.434 e. The summed E-state index contributed by atoms with van der Waals surface area (Å²) in [6, 6.07) is 0. The Bertz CT molecular complexity index is 370. The number of alkyl halides is 6. The molecule has 1 atom stereocenters. The highest BCUT2D eigenvalue weighted by atomic mass is 19.4. The second-order valence-corrected chi connectivity index (χ2v) is 7.58. The molecule has 0 aliphatic heterocycles. The summed E-state index contributed by atoms with van der Waals surface area (Å²) in [6.45, 7) is 9.93. The first-order valence-corrected chi connectivity index (χ1v) is 6.69. The van der Waals surface area contributed by atoms with E-state index < -0.39 is 41.2 Å². The highest BCUT2D eigenvalue weighted by Crippen LogP contribution is 2.40. The number of carbonyl (C=O) groups is 1. The van der Waals surface area contributed by atoms with Gasteiger partial charge in [-0.1, -0.05) is 41.5 Å². The Hall–Kier alpha value is -0.950. The number of carbonyl (C=O) groups excluding carboxylic acids is 1. The molecule has 0 fully saturated rings. The Kier molecular flexibility index (Phi) is 6.00. The molecule has 0 aromatic rings. The van der Waals surface area contributed by atoms with E-state index in [1.54, 1.807) is 41.5 Å². The van der Waals surface area contributed by atoms with Crippen LogP contribution in [0.5, 0.6) is 0 Å². The van der Waals surface area contributed by atoms with Crippen molar-refractivity contribution in [2.45, 2.75) is 66.4 Å². The van der Waals surface area contributed by atoms with Gasteiger partial charge in [0.25, 0.3) is 6.10 Å². The van der Waals surface area contributed by atoms with E-state index in [0.29, 0.717) is 0 Å². The minimum Gasteiger partial charge on any atom is -0.443 e. The molecule has 0 radical (unpaired) electrons. The fourth-order valence-electron chi connectivity index (χ4n) is 1.87. The Labute approximate surface area is 126 Å². The zero-order valence-electron chi connectivity index (χ0n) is 13.4. The van der Waals surface area contributed by atoms with Gasteiger partial charge in [0.15, 0.2) is 0 Å². The highest BCUT2D eigenvalue weighted by Gasteiger charge is 2.60. The summed E-state index contributed by atoms with van der Waals surface area (Å²) in [4.78, 5) is 11.9. The molecular formula is C14H22F6O2. The van der Waals surface area contributed by atoms with E-state index in [-0.39, 0.29) is 6.42 Å². The van der Waals surface area contributed by atoms with Gasteiger partial charge in [0.1, 0.15) is 0 Å². The molecule has 0 amide bonds. The maximum absolute atomic E-state index is 12.5. The molecule has 0 rings (SSSR count). The standard InChI is InChI=1S/C14H22F6O2/c1-11(2,3)7-8(12(4,5)6)9(21)22-10(13(15,16)17)14(18,19)20/h8,10H,7H2,1-6H3. The Balaban J connectivity index is 5.41. The topological polar surface area (TPSA) is 26.3 Å². The third-order valence-electron chi connectivity index (χ3n) is 2.97. The summed E-state index contributed by atoms with van der Waals surface area (Å²) in [7, 11) is 0. The second kappa shape index (κ2) is 6.28. The van der Waals surface area contributed by atoms with Gasteiger partial charge in [0, 0.05) is 0 Å². The van der Waals surface area contributed by atoms with Crippen molar-refractivity contribution in [1.82, 2.24) is 0 Å². The zero-order chi connectivity index (χ0) is 18.1. The molecule has 0 saturated carbocycles. The van der Waals surface area contributed by atoms with Gasteiger partial charge < -0.3 is 4.74 Å². The van der Waals surface area contributed by atoms with Gasteiger partial charge in [-0.15, -0.1) is 0 Å². The van der Waals surface area contributed by atoms with Crippen molar-refractivity contribution in [3.63, 3.8) is 0 Å². The maximum atomic E-state index is 12.5. The SMILES string of the molecule is CC(C)(C)CC(C(=O)OC(C(F)(F)F)C(F)(F)F)C(C)(C)C. The number of hydrogen-bond acceptors (Lipinski definition) is 2. The van der Waals surface area contributed by atoms with E-state index in [2.05, 4.69) is 4.74 Å². The fraction of sp³-hybridized carbons (Fsp3) is 0.929. The van der Waals surface area contributed by atoms with Crippen molar-refractivity contribution in [3.8, 4) is 0 Å². The first-order chi connectivity index (χ1) is 9.36. The predicted octanol–water partition coefficient (Wildman–Crippen LogP) is 5.12. The predicted molar refractivity (Wildman–Crippen MR) is 69.0 cm³/mol. The molecular weight excluding hydrogens is 314 g/mol. The molecule has 1 unspecified atom stereocenters. The van der Waals surface area contributed by atoms with Gasteiger partial charge in [0.05, 0.1) is 5.92 Å². The highest BCUT2D eigenvalue weighted by molar-refractivity contribution is 5.73. The average Bonchev–Trinajstić information content (AvgIpc) is 2.16. The molecule has 0 aliphatic rings. The van der Waals surface area contributed by atoms with E-state index >= 15 is 0 Å². The van der Waals surface area contributed by atoms with Crippen LogP contribution in [0.1, 0.15) is 48.0 Å². The van der Waals surface area contributed by atoms with Crippen molar-refractivity contribution in [3.05, 3.63) is 0 Å². The first kappa shape index (κ1) is 21.0. The molecule has 0 aromatic heterocycles. The van der Waals surface area contributed by atoms with Crippen LogP contribution in [0.25, 0.3) is 0 Å². The third kappa shape index (κ3) is 6.87. The molecule has 0 aromatic carbocycles. The lowest BCUT2D eigenvalue weighted by atomic mass is 9.72. The number of ether oxygens (including phenoxy) is 1. The molecule has 0 bridgehead atoms. The van der Waals surface area contributed by atoms with Crippen LogP contribution in [-0.4, -0.2) is 24.4 Å². The lowest BCUT2D eigenvalue weighted by Gasteiger charge is -2.35. The molecule has 0 N–H and O–H groups in total. The lowest BCUT2D eigenvalue weighted by molar-refractivity contribution is -0.315. The zero-order valence-corrected chi connectivity index (χ0v) is 13.4. The van der Waals surface area contributed by atoms with E-state index in [9.17, 15) is 31.1 Å². The number of rotatable bonds is 3. The molecule has 0 heterocycles. The summed E-state index contributed by atoms with van der Waals surface area (Å²) < 4.78 is 78.7. The number of halogens is 6. The molecule has 0 aliphatic carbocycles. The van der Waals surface area contributed by atoms with E-state index in [1.807, 2.05) is 0 Å². The van der Waals surface area contributed by atoms with Gasteiger partial charge in [-0.2, -0.15) is 26.3 Å². The van der Waals surface area contributed by atoms with Crippen molar-refractivity contribution in [2.75, 3.05) is 0 Å². The largest absolute Gasteiger partial charge is 0.443 e. The molecule has 0 spiro atoms. The van der Waals surface area contributed by atoms with Crippen molar-refractivity contribution < 1.29 is 35.9 Å². The van der Waals surface area contributed by atoms with Gasteiger partial charge in [-0.3, -0.25) is 4.79 Å². The summed E-state index contributed by atoms with van der Waals surface area (Å²) >= 11 is 0. The Morgan fingerprint density at radius 1 is 0.864 bits per heavy atom. The third-order valence-corrected chi connectivity index (χ3v) is 2.97. The minimum atomic E-state index is -5.70. The monoisotopic (exact) mass is 336 g/mol. The van der Waals surface area contributed by atoms with Crippen LogP contribution in [-0.2, 0) is 9.53 Å². The van der Waals surface area contributed by atoms with Crippen LogP contribution in [0.15, 0.2) is 0 Å². The fourth-order valence-corrected chi connectivity index (χ4v) is 1.87. The summed E-state index contributed by atoms with van der Waals surface area (Å²) in [6.07, 6.45) is -15.4. The van der Waals surface area contributed by atoms with Crippen LogP contribution in [0.4, 0.5) is 26.3 Å². The summed E-state index contributed by atoms with van der Waals surface area (Å²) in [5.74, 6) is -2.57. The van der Waals surface area contributed by atoms with Crippen LogP contribution in [0.2, 0.25) is 0 Å². The quantitative estimate of drug-likeness (QED) is 0.528. The first-order valence-electron chi connectivity index (χ1n) is 6.69. The van der Waals surface area contributed by atoms with Crippen LogP contribution < -0.4 is 0 Å². The van der Waals surface area contributed by atoms with Crippen LogP contribution >= 0.6 is 0 Å². The van der Waals surface area contributed by atoms with Crippen LogP contribution in [0, 0.1) is 16.7 Å². The average molecular weight is 336 g/mol. The summed E-state index contributed by atoms with van der Waals surface area (Å²) in [5.41, 5.74) is -1.28. The van der Waals surface area contributed by atoms with Crippen molar-refractivity contribution in [1.29, 1.82) is 0 Å². The molecule has 22 heavy (non-hydrogen) atoms. The van der Waals surface area contributed by atoms with Gasteiger partial charge in [-0.25, -0.2) is 0 Å². The van der Waals surface area contributed by atoms with E-state index in [0.717, 1.165) is 0 Å². The van der Waals surface area contributed by atoms with Crippen LogP contribution in [0.3, 0.4) is 0 Å². The van der Waals surface area contributed by atoms with E-state index in [1.165, 1.54) is 0 Å². The number of esters is 1. The van der Waals surface area contributed by atoms with Gasteiger partial charge >= 0.3 is 18.3 Å². The normalized spacial score (nSPS) is 15.9. The van der Waals surface area contributed by atoms with Gasteiger partial charge in [0.2, 0.25) is 0 Å². The Morgan fingerprint density at radius 3 is 1.45 bits per heavy atom.